The Morgan fingerprint density at radius 1 is 0.745 bits per heavy atom. The summed E-state index contributed by atoms with van der Waals surface area (Å²) in [4.78, 5) is 23.5. The Bertz CT molecular complexity index is 2320. The molecule has 0 aliphatic carbocycles. The quantitative estimate of drug-likeness (QED) is 0.176. The maximum Gasteiger partial charge on any atom is 0.297 e. The molecule has 0 amide bonds. The third-order valence-electron chi connectivity index (χ3n) is 9.04. The van der Waals surface area contributed by atoms with Crippen LogP contribution in [-0.4, -0.2) is 33.3 Å². The van der Waals surface area contributed by atoms with Gasteiger partial charge in [0.2, 0.25) is 5.65 Å². The Labute approximate surface area is 271 Å². The first-order valence-corrected chi connectivity index (χ1v) is 15.7. The van der Waals surface area contributed by atoms with E-state index in [1.807, 2.05) is 63.9 Å². The number of aryl methyl sites for hydroxylation is 1. The first kappa shape index (κ1) is 28.5. The third-order valence-corrected chi connectivity index (χ3v) is 9.04. The van der Waals surface area contributed by atoms with E-state index in [1.165, 1.54) is 0 Å². The van der Waals surface area contributed by atoms with Crippen molar-refractivity contribution in [2.75, 3.05) is 0 Å². The second kappa shape index (κ2) is 11.1. The van der Waals surface area contributed by atoms with E-state index in [9.17, 15) is 4.79 Å². The van der Waals surface area contributed by atoms with Crippen LogP contribution in [0.15, 0.2) is 145 Å². The van der Waals surface area contributed by atoms with E-state index in [0.29, 0.717) is 17.2 Å². The van der Waals surface area contributed by atoms with E-state index in [0.717, 1.165) is 33.2 Å². The van der Waals surface area contributed by atoms with Gasteiger partial charge >= 0.3 is 0 Å². The number of benzene rings is 4. The molecular formula is C39H33N7O. The van der Waals surface area contributed by atoms with Gasteiger partial charge in [-0.25, -0.2) is 14.5 Å². The molecule has 0 bridgehead atoms. The van der Waals surface area contributed by atoms with Crippen LogP contribution in [0.1, 0.15) is 36.6 Å². The minimum absolute atomic E-state index is 0.121. The van der Waals surface area contributed by atoms with Gasteiger partial charge in [0.1, 0.15) is 16.9 Å². The lowest BCUT2D eigenvalue weighted by Gasteiger charge is -2.37. The molecule has 0 N–H and O–H groups in total. The monoisotopic (exact) mass is 615 g/mol. The topological polar surface area (TPSA) is 74.9 Å². The molecule has 0 aliphatic heterocycles. The molecule has 8 rings (SSSR count). The second-order valence-corrected chi connectivity index (χ2v) is 12.1. The smallest absolute Gasteiger partial charge is 0.297 e. The average Bonchev–Trinajstić information content (AvgIpc) is 3.85. The van der Waals surface area contributed by atoms with Crippen molar-refractivity contribution >= 4 is 16.6 Å². The van der Waals surface area contributed by atoms with E-state index in [4.69, 9.17) is 10.1 Å². The van der Waals surface area contributed by atoms with Gasteiger partial charge in [-0.05, 0) is 54.8 Å². The zero-order chi connectivity index (χ0) is 32.1. The highest BCUT2D eigenvalue weighted by atomic mass is 16.1. The SMILES string of the molecule is CC(C)n1c(-c2ccc3c(ccn3C)c2)nn2c(-c3cn(C(c4ccccc4)(c4ccccc4)c4ccccc4)cn3)cnc2c1=O. The summed E-state index contributed by atoms with van der Waals surface area (Å²) in [7, 11) is 2.02. The zero-order valence-corrected chi connectivity index (χ0v) is 26.4. The molecule has 0 unspecified atom stereocenters. The van der Waals surface area contributed by atoms with E-state index < -0.39 is 5.54 Å². The first-order chi connectivity index (χ1) is 23.0. The molecule has 4 aromatic heterocycles. The van der Waals surface area contributed by atoms with Crippen molar-refractivity contribution in [3.05, 3.63) is 167 Å². The number of imidazole rings is 2. The van der Waals surface area contributed by atoms with Crippen LogP contribution in [0.25, 0.3) is 39.3 Å². The number of aromatic nitrogens is 7. The van der Waals surface area contributed by atoms with Crippen LogP contribution in [-0.2, 0) is 12.6 Å². The summed E-state index contributed by atoms with van der Waals surface area (Å²) in [6, 6.07) is 39.5. The van der Waals surface area contributed by atoms with Gasteiger partial charge in [0, 0.05) is 41.9 Å². The fourth-order valence-corrected chi connectivity index (χ4v) is 6.83. The Kier molecular flexibility index (Phi) is 6.72. The molecule has 4 heterocycles. The van der Waals surface area contributed by atoms with Crippen LogP contribution in [0.4, 0.5) is 0 Å². The number of hydrogen-bond acceptors (Lipinski definition) is 4. The second-order valence-electron chi connectivity index (χ2n) is 12.1. The third kappa shape index (κ3) is 4.44. The molecule has 0 saturated heterocycles. The van der Waals surface area contributed by atoms with Crippen molar-refractivity contribution in [1.29, 1.82) is 0 Å². The molecule has 0 aliphatic rings. The largest absolute Gasteiger partial charge is 0.351 e. The van der Waals surface area contributed by atoms with Crippen LogP contribution in [0.5, 0.6) is 0 Å². The fraction of sp³-hybridized carbons (Fsp3) is 0.128. The van der Waals surface area contributed by atoms with Gasteiger partial charge < -0.3 is 9.13 Å². The summed E-state index contributed by atoms with van der Waals surface area (Å²) in [5.74, 6) is 0.578. The van der Waals surface area contributed by atoms with Crippen molar-refractivity contribution in [1.82, 2.24) is 33.3 Å². The summed E-state index contributed by atoms with van der Waals surface area (Å²) in [6.07, 6.45) is 7.62. The Morgan fingerprint density at radius 3 is 1.96 bits per heavy atom. The Balaban J connectivity index is 1.35. The van der Waals surface area contributed by atoms with Gasteiger partial charge in [0.25, 0.3) is 5.56 Å². The van der Waals surface area contributed by atoms with Gasteiger partial charge in [0.05, 0.1) is 12.5 Å². The van der Waals surface area contributed by atoms with Crippen LogP contribution in [0.2, 0.25) is 0 Å². The molecule has 0 spiro atoms. The summed E-state index contributed by atoms with van der Waals surface area (Å²) in [5.41, 5.74) is 5.88. The number of nitrogens with zero attached hydrogens (tertiary/aromatic N) is 7. The lowest BCUT2D eigenvalue weighted by atomic mass is 9.77. The van der Waals surface area contributed by atoms with Crippen molar-refractivity contribution in [3.63, 3.8) is 0 Å². The maximum atomic E-state index is 14.0. The van der Waals surface area contributed by atoms with Crippen molar-refractivity contribution in [2.24, 2.45) is 7.05 Å². The highest BCUT2D eigenvalue weighted by molar-refractivity contribution is 5.84. The minimum Gasteiger partial charge on any atom is -0.351 e. The van der Waals surface area contributed by atoms with Crippen LogP contribution in [0.3, 0.4) is 0 Å². The molecule has 0 saturated carbocycles. The molecule has 8 heteroatoms. The molecule has 0 fully saturated rings. The molecule has 47 heavy (non-hydrogen) atoms. The number of fused-ring (bicyclic) bond motifs is 2. The fourth-order valence-electron chi connectivity index (χ4n) is 6.83. The predicted octanol–water partition coefficient (Wildman–Crippen LogP) is 7.33. The maximum absolute atomic E-state index is 14.0. The summed E-state index contributed by atoms with van der Waals surface area (Å²) in [5, 5.41) is 6.17. The van der Waals surface area contributed by atoms with Gasteiger partial charge in [-0.15, -0.1) is 5.10 Å². The summed E-state index contributed by atoms with van der Waals surface area (Å²) < 4.78 is 7.60. The number of rotatable bonds is 7. The molecule has 4 aromatic carbocycles. The van der Waals surface area contributed by atoms with Gasteiger partial charge in [-0.2, -0.15) is 0 Å². The lowest BCUT2D eigenvalue weighted by molar-refractivity contribution is 0.515. The lowest BCUT2D eigenvalue weighted by Crippen LogP contribution is -2.36. The summed E-state index contributed by atoms with van der Waals surface area (Å²) >= 11 is 0. The van der Waals surface area contributed by atoms with Gasteiger partial charge in [-0.1, -0.05) is 91.0 Å². The zero-order valence-electron chi connectivity index (χ0n) is 26.4. The molecule has 0 radical (unpaired) electrons. The predicted molar refractivity (Wildman–Crippen MR) is 185 cm³/mol. The molecule has 8 nitrogen and oxygen atoms in total. The minimum atomic E-state index is -0.719. The molecular weight excluding hydrogens is 582 g/mol. The Hall–Kier alpha value is -6.02. The van der Waals surface area contributed by atoms with Crippen molar-refractivity contribution in [3.8, 4) is 22.8 Å². The van der Waals surface area contributed by atoms with Gasteiger partial charge in [0.15, 0.2) is 5.82 Å². The van der Waals surface area contributed by atoms with E-state index >= 15 is 0 Å². The summed E-state index contributed by atoms with van der Waals surface area (Å²) in [6.45, 7) is 3.98. The van der Waals surface area contributed by atoms with E-state index in [1.54, 1.807) is 15.3 Å². The average molecular weight is 616 g/mol. The van der Waals surface area contributed by atoms with Crippen LogP contribution in [0, 0.1) is 0 Å². The molecule has 0 atom stereocenters. The Morgan fingerprint density at radius 2 is 1.36 bits per heavy atom. The van der Waals surface area contributed by atoms with E-state index in [2.05, 4.69) is 105 Å². The van der Waals surface area contributed by atoms with Gasteiger partial charge in [-0.3, -0.25) is 9.36 Å². The standard InChI is InChI=1S/C39H33N7O/c1-27(2)45-36(29-19-20-34-28(23-29)21-22-43(34)3)42-46-35(24-40-37(46)38(45)47)33-25-44(26-41-33)39(30-13-7-4-8-14-30,31-15-9-5-10-16-31)32-17-11-6-12-18-32/h4-27H,1-3H3. The first-order valence-electron chi connectivity index (χ1n) is 15.7. The highest BCUT2D eigenvalue weighted by Crippen LogP contribution is 2.41. The highest BCUT2D eigenvalue weighted by Gasteiger charge is 2.38. The van der Waals surface area contributed by atoms with Crippen molar-refractivity contribution in [2.45, 2.75) is 25.4 Å². The molecule has 8 aromatic rings. The number of hydrogen-bond donors (Lipinski definition) is 0. The van der Waals surface area contributed by atoms with E-state index in [-0.39, 0.29) is 17.2 Å². The normalized spacial score (nSPS) is 12.0. The van der Waals surface area contributed by atoms with Crippen LogP contribution >= 0.6 is 0 Å². The van der Waals surface area contributed by atoms with Crippen LogP contribution < -0.4 is 5.56 Å². The molecule has 230 valence electrons. The van der Waals surface area contributed by atoms with Crippen molar-refractivity contribution < 1.29 is 0 Å².